The standard InChI is InChI=1S/C42H32N2/c1-3-11-38-27(2)33-21-18-31(26-40(33)43(38)32-14-8-5-9-15-32)29-20-23-39-37(24-29)36-17-10-16-35-34-22-19-30(28-12-6-4-7-13-28)25-41(34)44(39)42(35)36/h3-19,21-22,24-26H,20,23H2,1-2H3/b11-3-. The first kappa shape index (κ1) is 25.2. The van der Waals surface area contributed by atoms with Crippen LogP contribution in [0.1, 0.15) is 41.4 Å². The van der Waals surface area contributed by atoms with Crippen molar-refractivity contribution in [1.82, 2.24) is 8.97 Å². The molecular formula is C42H32N2. The summed E-state index contributed by atoms with van der Waals surface area (Å²) in [6.45, 7) is 4.34. The van der Waals surface area contributed by atoms with E-state index in [1.165, 1.54) is 88.6 Å². The van der Waals surface area contributed by atoms with Gasteiger partial charge >= 0.3 is 0 Å². The SMILES string of the molecule is C/C=C\c1c(C)c2ccc(C3=Cc4c(n5c6cc(-c7ccccc7)ccc6c6cccc4c65)CC3)cc2n1-c1ccccc1. The Labute approximate surface area is 257 Å². The molecule has 2 nitrogen and oxygen atoms in total. The van der Waals surface area contributed by atoms with Gasteiger partial charge in [-0.2, -0.15) is 0 Å². The average Bonchev–Trinajstić information content (AvgIpc) is 3.69. The second kappa shape index (κ2) is 9.59. The molecule has 1 aliphatic rings. The number of aryl methyl sites for hydroxylation is 2. The van der Waals surface area contributed by atoms with Gasteiger partial charge < -0.3 is 8.97 Å². The molecule has 5 aromatic carbocycles. The van der Waals surface area contributed by atoms with Crippen molar-refractivity contribution in [2.24, 2.45) is 0 Å². The highest BCUT2D eigenvalue weighted by atomic mass is 15.0. The molecule has 8 aromatic rings. The van der Waals surface area contributed by atoms with Crippen LogP contribution in [0.25, 0.3) is 72.6 Å². The van der Waals surface area contributed by atoms with Crippen LogP contribution < -0.4 is 0 Å². The summed E-state index contributed by atoms with van der Waals surface area (Å²) in [5.41, 5.74) is 15.7. The molecule has 0 radical (unpaired) electrons. The van der Waals surface area contributed by atoms with E-state index in [9.17, 15) is 0 Å². The van der Waals surface area contributed by atoms with Crippen molar-refractivity contribution in [3.8, 4) is 16.8 Å². The molecule has 0 spiro atoms. The number of rotatable bonds is 4. The highest BCUT2D eigenvalue weighted by Gasteiger charge is 2.24. The lowest BCUT2D eigenvalue weighted by Gasteiger charge is -2.16. The minimum Gasteiger partial charge on any atom is -0.312 e. The summed E-state index contributed by atoms with van der Waals surface area (Å²) in [4.78, 5) is 0. The number of nitrogens with zero attached hydrogens (tertiary/aromatic N) is 2. The second-order valence-electron chi connectivity index (χ2n) is 12.1. The van der Waals surface area contributed by atoms with Gasteiger partial charge in [0.25, 0.3) is 0 Å². The minimum absolute atomic E-state index is 1.02. The zero-order valence-corrected chi connectivity index (χ0v) is 25.0. The molecule has 9 rings (SSSR count). The van der Waals surface area contributed by atoms with E-state index < -0.39 is 0 Å². The smallest absolute Gasteiger partial charge is 0.0617 e. The molecule has 0 atom stereocenters. The summed E-state index contributed by atoms with van der Waals surface area (Å²) in [7, 11) is 0. The van der Waals surface area contributed by atoms with Crippen LogP contribution in [0.15, 0.2) is 121 Å². The van der Waals surface area contributed by atoms with E-state index in [4.69, 9.17) is 0 Å². The van der Waals surface area contributed by atoms with E-state index in [-0.39, 0.29) is 0 Å². The number of fused-ring (bicyclic) bond motifs is 7. The van der Waals surface area contributed by atoms with Crippen LogP contribution in [0.2, 0.25) is 0 Å². The average molecular weight is 565 g/mol. The Morgan fingerprint density at radius 1 is 0.614 bits per heavy atom. The monoisotopic (exact) mass is 564 g/mol. The lowest BCUT2D eigenvalue weighted by molar-refractivity contribution is 0.938. The molecule has 3 aromatic heterocycles. The van der Waals surface area contributed by atoms with Gasteiger partial charge in [-0.1, -0.05) is 97.1 Å². The molecular weight excluding hydrogens is 532 g/mol. The first-order valence-corrected chi connectivity index (χ1v) is 15.6. The van der Waals surface area contributed by atoms with Gasteiger partial charge in [-0.25, -0.2) is 0 Å². The third-order valence-electron chi connectivity index (χ3n) is 9.69. The summed E-state index contributed by atoms with van der Waals surface area (Å²) in [5, 5.41) is 5.34. The van der Waals surface area contributed by atoms with E-state index in [2.05, 4.69) is 156 Å². The van der Waals surface area contributed by atoms with Crippen molar-refractivity contribution in [1.29, 1.82) is 0 Å². The predicted octanol–water partition coefficient (Wildman–Crippen LogP) is 11.1. The highest BCUT2D eigenvalue weighted by molar-refractivity contribution is 6.18. The van der Waals surface area contributed by atoms with Crippen molar-refractivity contribution < 1.29 is 0 Å². The van der Waals surface area contributed by atoms with Crippen molar-refractivity contribution in [2.45, 2.75) is 26.7 Å². The van der Waals surface area contributed by atoms with Gasteiger partial charge in [0.2, 0.25) is 0 Å². The Morgan fingerprint density at radius 3 is 2.16 bits per heavy atom. The number of allylic oxidation sites excluding steroid dienone is 2. The number of hydrogen-bond donors (Lipinski definition) is 0. The summed E-state index contributed by atoms with van der Waals surface area (Å²) in [6, 6.07) is 42.4. The molecule has 0 amide bonds. The fourth-order valence-electron chi connectivity index (χ4n) is 7.67. The maximum atomic E-state index is 2.56. The van der Waals surface area contributed by atoms with E-state index in [1.807, 2.05) is 0 Å². The Bertz CT molecular complexity index is 2430. The normalized spacial score (nSPS) is 13.5. The number of para-hydroxylation sites is 2. The van der Waals surface area contributed by atoms with Crippen LogP contribution >= 0.6 is 0 Å². The van der Waals surface area contributed by atoms with E-state index in [0.717, 1.165) is 12.8 Å². The lowest BCUT2D eigenvalue weighted by Crippen LogP contribution is -2.01. The van der Waals surface area contributed by atoms with Gasteiger partial charge in [0.1, 0.15) is 0 Å². The van der Waals surface area contributed by atoms with Crippen molar-refractivity contribution in [3.05, 3.63) is 149 Å². The second-order valence-corrected chi connectivity index (χ2v) is 12.1. The Hall–Kier alpha value is -5.34. The Balaban J connectivity index is 1.24. The molecule has 0 aliphatic heterocycles. The van der Waals surface area contributed by atoms with Gasteiger partial charge in [0, 0.05) is 44.2 Å². The fraction of sp³-hybridized carbons (Fsp3) is 0.0952. The van der Waals surface area contributed by atoms with Crippen LogP contribution in [0.3, 0.4) is 0 Å². The van der Waals surface area contributed by atoms with Crippen molar-refractivity contribution in [2.75, 3.05) is 0 Å². The first-order valence-electron chi connectivity index (χ1n) is 15.6. The predicted molar refractivity (Wildman–Crippen MR) is 188 cm³/mol. The molecule has 1 aliphatic carbocycles. The lowest BCUT2D eigenvalue weighted by atomic mass is 9.90. The zero-order chi connectivity index (χ0) is 29.4. The molecule has 2 heteroatoms. The largest absolute Gasteiger partial charge is 0.312 e. The van der Waals surface area contributed by atoms with Crippen LogP contribution in [0.4, 0.5) is 0 Å². The summed E-state index contributed by atoms with van der Waals surface area (Å²) < 4.78 is 4.98. The van der Waals surface area contributed by atoms with Gasteiger partial charge in [-0.05, 0) is 90.9 Å². The van der Waals surface area contributed by atoms with Crippen LogP contribution in [0.5, 0.6) is 0 Å². The molecule has 44 heavy (non-hydrogen) atoms. The highest BCUT2D eigenvalue weighted by Crippen LogP contribution is 2.43. The molecule has 0 bridgehead atoms. The molecule has 0 fully saturated rings. The van der Waals surface area contributed by atoms with Gasteiger partial charge in [0.05, 0.1) is 16.6 Å². The van der Waals surface area contributed by atoms with Crippen LogP contribution in [-0.4, -0.2) is 8.97 Å². The maximum absolute atomic E-state index is 2.56. The Morgan fingerprint density at radius 2 is 1.34 bits per heavy atom. The summed E-state index contributed by atoms with van der Waals surface area (Å²) in [5.74, 6) is 0. The van der Waals surface area contributed by atoms with Gasteiger partial charge in [-0.15, -0.1) is 0 Å². The first-order chi connectivity index (χ1) is 21.7. The van der Waals surface area contributed by atoms with Crippen LogP contribution in [-0.2, 0) is 6.42 Å². The topological polar surface area (TPSA) is 9.34 Å². The Kier molecular flexibility index (Phi) is 5.49. The zero-order valence-electron chi connectivity index (χ0n) is 25.0. The molecule has 0 unspecified atom stereocenters. The third-order valence-corrected chi connectivity index (χ3v) is 9.69. The summed E-state index contributed by atoms with van der Waals surface area (Å²) >= 11 is 0. The minimum atomic E-state index is 1.02. The van der Waals surface area contributed by atoms with E-state index in [0.29, 0.717) is 0 Å². The number of hydrogen-bond acceptors (Lipinski definition) is 0. The van der Waals surface area contributed by atoms with Crippen molar-refractivity contribution in [3.63, 3.8) is 0 Å². The molecule has 3 heterocycles. The molecule has 0 saturated heterocycles. The van der Waals surface area contributed by atoms with E-state index in [1.54, 1.807) is 0 Å². The molecule has 0 N–H and O–H groups in total. The van der Waals surface area contributed by atoms with Crippen molar-refractivity contribution >= 4 is 55.8 Å². The number of aromatic nitrogens is 2. The van der Waals surface area contributed by atoms with Gasteiger partial charge in [0.15, 0.2) is 0 Å². The number of benzene rings is 5. The molecule has 210 valence electrons. The maximum Gasteiger partial charge on any atom is 0.0617 e. The molecule has 0 saturated carbocycles. The fourth-order valence-corrected chi connectivity index (χ4v) is 7.67. The van der Waals surface area contributed by atoms with E-state index >= 15 is 0 Å². The van der Waals surface area contributed by atoms with Crippen LogP contribution in [0, 0.1) is 6.92 Å². The third kappa shape index (κ3) is 3.55. The summed E-state index contributed by atoms with van der Waals surface area (Å²) in [6.07, 6.45) is 8.89. The van der Waals surface area contributed by atoms with Gasteiger partial charge in [-0.3, -0.25) is 0 Å². The quantitative estimate of drug-likeness (QED) is 0.201.